The zero-order chi connectivity index (χ0) is 17.9. The Hall–Kier alpha value is -1.07. The molecule has 140 valence electrons. The number of hydrogen-bond acceptors (Lipinski definition) is 5. The molecule has 0 bridgehead atoms. The van der Waals surface area contributed by atoms with Crippen molar-refractivity contribution < 1.29 is 16.8 Å². The van der Waals surface area contributed by atoms with Gasteiger partial charge in [0.1, 0.15) is 4.90 Å². The van der Waals surface area contributed by atoms with Crippen LogP contribution in [-0.2, 0) is 20.2 Å². The Morgan fingerprint density at radius 1 is 0.760 bits per heavy atom. The lowest BCUT2D eigenvalue weighted by atomic mass is 10.2. The van der Waals surface area contributed by atoms with Crippen LogP contribution in [0.4, 0.5) is 0 Å². The summed E-state index contributed by atoms with van der Waals surface area (Å²) in [5, 5.41) is 0. The second-order valence-corrected chi connectivity index (χ2v) is 10.2. The van der Waals surface area contributed by atoms with Gasteiger partial charge in [-0.1, -0.05) is 6.42 Å². The fraction of sp³-hybridized carbons (Fsp3) is 0.667. The summed E-state index contributed by atoms with van der Waals surface area (Å²) in [6, 6.07) is 3.09. The minimum absolute atomic E-state index is 0.141. The maximum atomic E-state index is 12.8. The molecule has 25 heavy (non-hydrogen) atoms. The number of pyridine rings is 1. The number of sulfonamides is 1. The molecule has 0 amide bonds. The zero-order valence-corrected chi connectivity index (χ0v) is 15.8. The maximum absolute atomic E-state index is 12.8. The number of piperidine rings is 1. The van der Waals surface area contributed by atoms with Gasteiger partial charge >= 0.3 is 0 Å². The average molecular weight is 389 g/mol. The molecule has 3 heterocycles. The fourth-order valence-corrected chi connectivity index (χ4v) is 6.40. The Balaban J connectivity index is 1.72. The summed E-state index contributed by atoms with van der Waals surface area (Å²) in [5.41, 5.74) is 0. The summed E-state index contributed by atoms with van der Waals surface area (Å²) in [6.07, 6.45) is 6.15. The molecule has 2 fully saturated rings. The minimum atomic E-state index is -3.64. The number of rotatable bonds is 4. The predicted octanol–water partition coefficient (Wildman–Crippen LogP) is 0.509. The van der Waals surface area contributed by atoms with E-state index in [2.05, 4.69) is 4.98 Å². The Morgan fingerprint density at radius 3 is 2.04 bits per heavy atom. The van der Waals surface area contributed by atoms with E-state index < -0.39 is 20.2 Å². The van der Waals surface area contributed by atoms with E-state index in [1.807, 2.05) is 0 Å². The topological polar surface area (TPSA) is 90.9 Å². The standard InChI is InChI=1S/C15H24N4O4S2/c20-24(21,15-6-4-7-16-14-15)17-10-5-11-19(13-12-17)25(22,23)18-8-2-1-3-9-18/h4,6-7,14H,1-3,5,8-13H2. The molecule has 0 spiro atoms. The van der Waals surface area contributed by atoms with Crippen LogP contribution < -0.4 is 0 Å². The summed E-state index contributed by atoms with van der Waals surface area (Å²) in [6.45, 7) is 2.09. The van der Waals surface area contributed by atoms with Gasteiger partial charge in [-0.05, 0) is 31.4 Å². The lowest BCUT2D eigenvalue weighted by Crippen LogP contribution is -2.47. The molecule has 0 aliphatic carbocycles. The third-order valence-electron chi connectivity index (χ3n) is 4.65. The van der Waals surface area contributed by atoms with Crippen LogP contribution >= 0.6 is 0 Å². The van der Waals surface area contributed by atoms with Crippen LogP contribution in [0.5, 0.6) is 0 Å². The smallest absolute Gasteiger partial charge is 0.263 e. The van der Waals surface area contributed by atoms with Crippen LogP contribution in [0, 0.1) is 0 Å². The van der Waals surface area contributed by atoms with Crippen molar-refractivity contribution in [3.8, 4) is 0 Å². The quantitative estimate of drug-likeness (QED) is 0.749. The van der Waals surface area contributed by atoms with Crippen LogP contribution in [0.1, 0.15) is 25.7 Å². The van der Waals surface area contributed by atoms with Gasteiger partial charge in [-0.15, -0.1) is 0 Å². The Morgan fingerprint density at radius 2 is 1.36 bits per heavy atom. The van der Waals surface area contributed by atoms with Crippen LogP contribution in [0.15, 0.2) is 29.4 Å². The van der Waals surface area contributed by atoms with E-state index in [1.165, 1.54) is 31.4 Å². The first kappa shape index (κ1) is 18.7. The van der Waals surface area contributed by atoms with Gasteiger partial charge < -0.3 is 0 Å². The first-order valence-corrected chi connectivity index (χ1v) is 11.4. The fourth-order valence-electron chi connectivity index (χ4n) is 3.25. The van der Waals surface area contributed by atoms with Gasteiger partial charge in [0.25, 0.3) is 10.2 Å². The summed E-state index contributed by atoms with van der Waals surface area (Å²) in [5.74, 6) is 0. The van der Waals surface area contributed by atoms with Crippen molar-refractivity contribution in [2.45, 2.75) is 30.6 Å². The molecule has 0 N–H and O–H groups in total. The largest absolute Gasteiger partial charge is 0.282 e. The van der Waals surface area contributed by atoms with Crippen molar-refractivity contribution in [1.29, 1.82) is 0 Å². The zero-order valence-electron chi connectivity index (χ0n) is 14.1. The average Bonchev–Trinajstić information content (AvgIpc) is 2.90. The molecule has 2 aliphatic heterocycles. The van der Waals surface area contributed by atoms with Crippen molar-refractivity contribution in [3.63, 3.8) is 0 Å². The van der Waals surface area contributed by atoms with Crippen molar-refractivity contribution >= 4 is 20.2 Å². The molecule has 10 heteroatoms. The Bertz CT molecular complexity index is 777. The molecule has 2 saturated heterocycles. The Kier molecular flexibility index (Phi) is 5.74. The molecule has 3 rings (SSSR count). The summed E-state index contributed by atoms with van der Waals surface area (Å²) in [4.78, 5) is 4.01. The lowest BCUT2D eigenvalue weighted by molar-refractivity contribution is 0.305. The molecule has 1 aromatic heterocycles. The van der Waals surface area contributed by atoms with E-state index in [-0.39, 0.29) is 18.0 Å². The first-order chi connectivity index (χ1) is 11.9. The van der Waals surface area contributed by atoms with E-state index in [9.17, 15) is 16.8 Å². The van der Waals surface area contributed by atoms with E-state index >= 15 is 0 Å². The van der Waals surface area contributed by atoms with Gasteiger partial charge in [0.15, 0.2) is 0 Å². The highest BCUT2D eigenvalue weighted by Crippen LogP contribution is 2.21. The highest BCUT2D eigenvalue weighted by molar-refractivity contribution is 7.89. The second kappa shape index (κ2) is 7.67. The molecule has 0 aromatic carbocycles. The lowest BCUT2D eigenvalue weighted by Gasteiger charge is -2.31. The number of hydrogen-bond donors (Lipinski definition) is 0. The number of aromatic nitrogens is 1. The van der Waals surface area contributed by atoms with Crippen LogP contribution in [0.3, 0.4) is 0 Å². The minimum Gasteiger partial charge on any atom is -0.263 e. The summed E-state index contributed by atoms with van der Waals surface area (Å²) in [7, 11) is -7.15. The molecular formula is C15H24N4O4S2. The SMILES string of the molecule is O=S(=O)(c1cccnc1)N1CCCN(S(=O)(=O)N2CCCCC2)CC1. The van der Waals surface area contributed by atoms with Gasteiger partial charge in [0.05, 0.1) is 0 Å². The van der Waals surface area contributed by atoms with Gasteiger partial charge in [0, 0.05) is 51.7 Å². The van der Waals surface area contributed by atoms with Crippen LogP contribution in [-0.4, -0.2) is 74.0 Å². The summed E-state index contributed by atoms with van der Waals surface area (Å²) < 4.78 is 55.3. The highest BCUT2D eigenvalue weighted by atomic mass is 32.2. The van der Waals surface area contributed by atoms with Crippen molar-refractivity contribution in [2.24, 2.45) is 0 Å². The second-order valence-electron chi connectivity index (χ2n) is 6.31. The van der Waals surface area contributed by atoms with Crippen molar-refractivity contribution in [2.75, 3.05) is 39.3 Å². The van der Waals surface area contributed by atoms with Crippen LogP contribution in [0.2, 0.25) is 0 Å². The first-order valence-electron chi connectivity index (χ1n) is 8.58. The molecule has 0 saturated carbocycles. The molecule has 8 nitrogen and oxygen atoms in total. The van der Waals surface area contributed by atoms with Gasteiger partial charge in [-0.25, -0.2) is 8.42 Å². The molecule has 2 aliphatic rings. The van der Waals surface area contributed by atoms with E-state index in [4.69, 9.17) is 0 Å². The predicted molar refractivity (Wildman–Crippen MR) is 93.5 cm³/mol. The normalized spacial score (nSPS) is 22.6. The van der Waals surface area contributed by atoms with E-state index in [1.54, 1.807) is 6.07 Å². The number of nitrogens with zero attached hydrogens (tertiary/aromatic N) is 4. The molecule has 0 radical (unpaired) electrons. The third kappa shape index (κ3) is 4.03. The van der Waals surface area contributed by atoms with Gasteiger partial charge in [-0.3, -0.25) is 4.98 Å². The van der Waals surface area contributed by atoms with Crippen molar-refractivity contribution in [1.82, 2.24) is 17.9 Å². The van der Waals surface area contributed by atoms with Crippen molar-refractivity contribution in [3.05, 3.63) is 24.5 Å². The Labute approximate surface area is 149 Å². The molecular weight excluding hydrogens is 364 g/mol. The molecule has 0 unspecified atom stereocenters. The monoisotopic (exact) mass is 388 g/mol. The third-order valence-corrected chi connectivity index (χ3v) is 8.57. The molecule has 0 atom stereocenters. The highest BCUT2D eigenvalue weighted by Gasteiger charge is 2.34. The van der Waals surface area contributed by atoms with Gasteiger partial charge in [-0.2, -0.15) is 21.3 Å². The maximum Gasteiger partial charge on any atom is 0.282 e. The summed E-state index contributed by atoms with van der Waals surface area (Å²) >= 11 is 0. The molecule has 1 aromatic rings. The van der Waals surface area contributed by atoms with E-state index in [0.717, 1.165) is 19.3 Å². The van der Waals surface area contributed by atoms with E-state index in [0.29, 0.717) is 32.6 Å². The van der Waals surface area contributed by atoms with Gasteiger partial charge in [0.2, 0.25) is 10.0 Å². The van der Waals surface area contributed by atoms with Crippen LogP contribution in [0.25, 0.3) is 0 Å².